The first-order chi connectivity index (χ1) is 15.9. The number of ether oxygens (including phenoxy) is 2. The molecule has 172 valence electrons. The number of nitrogen functional groups attached to an aromatic ring is 1. The fourth-order valence-electron chi connectivity index (χ4n) is 3.12. The SMILES string of the molecule is Nc1nc(COC(=O)c2ccc(S(=O)(=O)N3CCOCC3)cc2)nc(Nc2ccccc2)n1. The van der Waals surface area contributed by atoms with Crippen LogP contribution in [0.2, 0.25) is 0 Å². The molecule has 0 atom stereocenters. The van der Waals surface area contributed by atoms with E-state index in [-0.39, 0.29) is 34.8 Å². The molecule has 33 heavy (non-hydrogen) atoms. The van der Waals surface area contributed by atoms with Gasteiger partial charge in [0.15, 0.2) is 12.4 Å². The van der Waals surface area contributed by atoms with Crippen LogP contribution in [-0.2, 0) is 26.1 Å². The number of para-hydroxylation sites is 1. The predicted octanol–water partition coefficient (Wildman–Crippen LogP) is 1.58. The third-order valence-corrected chi connectivity index (χ3v) is 6.67. The van der Waals surface area contributed by atoms with Gasteiger partial charge in [0.05, 0.1) is 23.7 Å². The number of sulfonamides is 1. The summed E-state index contributed by atoms with van der Waals surface area (Å²) in [7, 11) is -3.64. The molecule has 12 heteroatoms. The summed E-state index contributed by atoms with van der Waals surface area (Å²) < 4.78 is 37.2. The van der Waals surface area contributed by atoms with Crippen LogP contribution in [0.4, 0.5) is 17.6 Å². The number of nitrogens with one attached hydrogen (secondary N) is 1. The number of nitrogens with two attached hydrogens (primary N) is 1. The van der Waals surface area contributed by atoms with Crippen molar-refractivity contribution in [1.82, 2.24) is 19.3 Å². The minimum atomic E-state index is -3.64. The van der Waals surface area contributed by atoms with Gasteiger partial charge >= 0.3 is 5.97 Å². The van der Waals surface area contributed by atoms with Gasteiger partial charge < -0.3 is 20.5 Å². The standard InChI is InChI=1S/C21H22N6O5S/c22-20-24-18(25-21(26-20)23-16-4-2-1-3-5-16)14-32-19(28)15-6-8-17(9-7-15)33(29,30)27-10-12-31-13-11-27/h1-9H,10-14H2,(H3,22,23,24,25,26). The normalized spacial score (nSPS) is 14.5. The zero-order valence-corrected chi connectivity index (χ0v) is 18.4. The second kappa shape index (κ2) is 9.90. The molecule has 3 aromatic rings. The van der Waals surface area contributed by atoms with Gasteiger partial charge in [-0.05, 0) is 36.4 Å². The van der Waals surface area contributed by atoms with Gasteiger partial charge in [0.2, 0.25) is 21.9 Å². The van der Waals surface area contributed by atoms with E-state index in [1.807, 2.05) is 30.3 Å². The number of anilines is 3. The van der Waals surface area contributed by atoms with E-state index in [0.717, 1.165) is 5.69 Å². The van der Waals surface area contributed by atoms with Crippen molar-refractivity contribution in [2.24, 2.45) is 0 Å². The minimum absolute atomic E-state index is 0.0212. The topological polar surface area (TPSA) is 150 Å². The van der Waals surface area contributed by atoms with Crippen LogP contribution in [-0.4, -0.2) is 59.9 Å². The smallest absolute Gasteiger partial charge is 0.338 e. The van der Waals surface area contributed by atoms with Crippen LogP contribution in [0.15, 0.2) is 59.5 Å². The highest BCUT2D eigenvalue weighted by Gasteiger charge is 2.26. The Morgan fingerprint density at radius 1 is 1.03 bits per heavy atom. The Kier molecular flexibility index (Phi) is 6.77. The van der Waals surface area contributed by atoms with Crippen LogP contribution in [0.3, 0.4) is 0 Å². The van der Waals surface area contributed by atoms with Crippen LogP contribution in [0.5, 0.6) is 0 Å². The van der Waals surface area contributed by atoms with Gasteiger partial charge in [-0.15, -0.1) is 0 Å². The third-order valence-electron chi connectivity index (χ3n) is 4.76. The van der Waals surface area contributed by atoms with E-state index in [2.05, 4.69) is 20.3 Å². The minimum Gasteiger partial charge on any atom is -0.454 e. The Labute approximate surface area is 190 Å². The molecule has 0 spiro atoms. The number of carbonyl (C=O) groups excluding carboxylic acids is 1. The highest BCUT2D eigenvalue weighted by molar-refractivity contribution is 7.89. The van der Waals surface area contributed by atoms with E-state index in [1.54, 1.807) is 0 Å². The van der Waals surface area contributed by atoms with Crippen molar-refractivity contribution < 1.29 is 22.7 Å². The number of hydrogen-bond donors (Lipinski definition) is 2. The molecule has 1 fully saturated rings. The van der Waals surface area contributed by atoms with Crippen LogP contribution >= 0.6 is 0 Å². The maximum absolute atomic E-state index is 12.7. The molecule has 1 aromatic heterocycles. The molecule has 0 aliphatic carbocycles. The molecule has 1 saturated heterocycles. The van der Waals surface area contributed by atoms with E-state index < -0.39 is 16.0 Å². The van der Waals surface area contributed by atoms with Gasteiger partial charge in [-0.1, -0.05) is 18.2 Å². The summed E-state index contributed by atoms with van der Waals surface area (Å²) in [5.41, 5.74) is 6.70. The van der Waals surface area contributed by atoms with Crippen LogP contribution in [0.1, 0.15) is 16.2 Å². The van der Waals surface area contributed by atoms with Gasteiger partial charge in [-0.3, -0.25) is 0 Å². The van der Waals surface area contributed by atoms with Crippen molar-refractivity contribution >= 4 is 33.6 Å². The summed E-state index contributed by atoms with van der Waals surface area (Å²) in [6, 6.07) is 14.8. The van der Waals surface area contributed by atoms with Crippen molar-refractivity contribution in [2.45, 2.75) is 11.5 Å². The lowest BCUT2D eigenvalue weighted by Gasteiger charge is -2.26. The van der Waals surface area contributed by atoms with E-state index in [9.17, 15) is 13.2 Å². The Morgan fingerprint density at radius 2 is 1.73 bits per heavy atom. The Hall–Kier alpha value is -3.61. The van der Waals surface area contributed by atoms with E-state index in [0.29, 0.717) is 26.3 Å². The second-order valence-electron chi connectivity index (χ2n) is 7.04. The van der Waals surface area contributed by atoms with Crippen LogP contribution in [0, 0.1) is 0 Å². The van der Waals surface area contributed by atoms with E-state index >= 15 is 0 Å². The zero-order chi connectivity index (χ0) is 23.3. The molecule has 0 saturated carbocycles. The summed E-state index contributed by atoms with van der Waals surface area (Å²) in [6.45, 7) is 1.06. The van der Waals surface area contributed by atoms with Gasteiger partial charge in [0.25, 0.3) is 0 Å². The largest absolute Gasteiger partial charge is 0.454 e. The number of morpholine rings is 1. The number of carbonyl (C=O) groups is 1. The van der Waals surface area contributed by atoms with Gasteiger partial charge in [0, 0.05) is 18.8 Å². The molecule has 2 aromatic carbocycles. The number of rotatable bonds is 7. The number of nitrogens with zero attached hydrogens (tertiary/aromatic N) is 4. The summed E-state index contributed by atoms with van der Waals surface area (Å²) in [5, 5.41) is 3.00. The molecule has 0 radical (unpaired) electrons. The lowest BCUT2D eigenvalue weighted by Crippen LogP contribution is -2.40. The third kappa shape index (κ3) is 5.61. The van der Waals surface area contributed by atoms with Gasteiger partial charge in [0.1, 0.15) is 0 Å². The maximum Gasteiger partial charge on any atom is 0.338 e. The van der Waals surface area contributed by atoms with Crippen LogP contribution < -0.4 is 11.1 Å². The summed E-state index contributed by atoms with van der Waals surface area (Å²) in [5.74, 6) is -0.285. The lowest BCUT2D eigenvalue weighted by molar-refractivity contribution is 0.0462. The van der Waals surface area contributed by atoms with Crippen molar-refractivity contribution in [3.05, 3.63) is 66.0 Å². The fourth-order valence-corrected chi connectivity index (χ4v) is 4.53. The molecule has 1 aliphatic heterocycles. The molecule has 1 aliphatic rings. The lowest BCUT2D eigenvalue weighted by atomic mass is 10.2. The molecule has 11 nitrogen and oxygen atoms in total. The maximum atomic E-state index is 12.7. The molecular formula is C21H22N6O5S. The summed E-state index contributed by atoms with van der Waals surface area (Å²) in [6.07, 6.45) is 0. The first-order valence-corrected chi connectivity index (χ1v) is 11.5. The quantitative estimate of drug-likeness (QED) is 0.487. The van der Waals surface area contributed by atoms with Gasteiger partial charge in [-0.25, -0.2) is 13.2 Å². The summed E-state index contributed by atoms with van der Waals surface area (Å²) >= 11 is 0. The van der Waals surface area contributed by atoms with Crippen molar-refractivity contribution in [3.8, 4) is 0 Å². The van der Waals surface area contributed by atoms with Crippen molar-refractivity contribution in [2.75, 3.05) is 37.4 Å². The van der Waals surface area contributed by atoms with Crippen molar-refractivity contribution in [3.63, 3.8) is 0 Å². The number of aromatic nitrogens is 3. The Bertz CT molecular complexity index is 1220. The molecule has 3 N–H and O–H groups in total. The zero-order valence-electron chi connectivity index (χ0n) is 17.5. The molecular weight excluding hydrogens is 448 g/mol. The monoisotopic (exact) mass is 470 g/mol. The average molecular weight is 471 g/mol. The first kappa shape index (κ1) is 22.6. The first-order valence-electron chi connectivity index (χ1n) is 10.1. The molecule has 0 bridgehead atoms. The van der Waals surface area contributed by atoms with Crippen LogP contribution in [0.25, 0.3) is 0 Å². The number of esters is 1. The van der Waals surface area contributed by atoms with Crippen molar-refractivity contribution in [1.29, 1.82) is 0 Å². The highest BCUT2D eigenvalue weighted by Crippen LogP contribution is 2.18. The summed E-state index contributed by atoms with van der Waals surface area (Å²) in [4.78, 5) is 24.7. The molecule has 0 amide bonds. The second-order valence-corrected chi connectivity index (χ2v) is 8.98. The van der Waals surface area contributed by atoms with E-state index in [4.69, 9.17) is 15.2 Å². The highest BCUT2D eigenvalue weighted by atomic mass is 32.2. The Balaban J connectivity index is 1.40. The van der Waals surface area contributed by atoms with E-state index in [1.165, 1.54) is 28.6 Å². The predicted molar refractivity (Wildman–Crippen MR) is 119 cm³/mol. The Morgan fingerprint density at radius 3 is 2.42 bits per heavy atom. The van der Waals surface area contributed by atoms with Gasteiger partial charge in [-0.2, -0.15) is 19.3 Å². The molecule has 0 unspecified atom stereocenters. The average Bonchev–Trinajstić information content (AvgIpc) is 2.83. The number of benzene rings is 2. The fraction of sp³-hybridized carbons (Fsp3) is 0.238. The number of hydrogen-bond acceptors (Lipinski definition) is 10. The molecule has 2 heterocycles. The molecule has 4 rings (SSSR count).